The maximum atomic E-state index is 12.5. The molecule has 0 aromatic heterocycles. The first-order valence-electron chi connectivity index (χ1n) is 8.53. The third-order valence-corrected chi connectivity index (χ3v) is 3.84. The molecule has 0 saturated carbocycles. The molecule has 2 unspecified atom stereocenters. The summed E-state index contributed by atoms with van der Waals surface area (Å²) in [6.07, 6.45) is 0.693. The van der Waals surface area contributed by atoms with E-state index in [2.05, 4.69) is 10.6 Å². The van der Waals surface area contributed by atoms with Gasteiger partial charge in [-0.1, -0.05) is 45.4 Å². The van der Waals surface area contributed by atoms with Gasteiger partial charge in [0, 0.05) is 5.56 Å². The van der Waals surface area contributed by atoms with Crippen molar-refractivity contribution in [1.82, 2.24) is 10.6 Å². The van der Waals surface area contributed by atoms with Gasteiger partial charge in [0.1, 0.15) is 6.04 Å². The van der Waals surface area contributed by atoms with Gasteiger partial charge >= 0.3 is 0 Å². The molecule has 2 atom stereocenters. The zero-order chi connectivity index (χ0) is 18.3. The average molecular weight is 334 g/mol. The summed E-state index contributed by atoms with van der Waals surface area (Å²) in [6, 6.07) is 6.32. The van der Waals surface area contributed by atoms with Gasteiger partial charge in [-0.15, -0.1) is 0 Å². The number of amides is 2. The maximum Gasteiger partial charge on any atom is 0.251 e. The van der Waals surface area contributed by atoms with Crippen molar-refractivity contribution in [3.05, 3.63) is 35.4 Å². The highest BCUT2D eigenvalue weighted by atomic mass is 16.3. The van der Waals surface area contributed by atoms with Crippen molar-refractivity contribution in [1.29, 1.82) is 0 Å². The van der Waals surface area contributed by atoms with Crippen LogP contribution >= 0.6 is 0 Å². The summed E-state index contributed by atoms with van der Waals surface area (Å²) in [5, 5.41) is 15.1. The molecule has 0 aliphatic carbocycles. The van der Waals surface area contributed by atoms with Crippen LogP contribution in [0.1, 0.15) is 50.0 Å². The van der Waals surface area contributed by atoms with Gasteiger partial charge in [0.2, 0.25) is 5.91 Å². The van der Waals surface area contributed by atoms with Crippen molar-refractivity contribution in [3.63, 3.8) is 0 Å². The molecule has 0 radical (unpaired) electrons. The smallest absolute Gasteiger partial charge is 0.251 e. The fraction of sp³-hybridized carbons (Fsp3) is 0.579. The minimum atomic E-state index is -0.640. The van der Waals surface area contributed by atoms with E-state index in [4.69, 9.17) is 0 Å². The molecule has 0 bridgehead atoms. The summed E-state index contributed by atoms with van der Waals surface area (Å²) in [5.74, 6) is -0.221. The van der Waals surface area contributed by atoms with E-state index in [0.717, 1.165) is 5.56 Å². The SMILES string of the molecule is Cc1cccc(C(=O)NC(C(=O)NC(CO)CC(C)C)C(C)C)c1. The molecule has 2 amide bonds. The van der Waals surface area contributed by atoms with E-state index >= 15 is 0 Å². The van der Waals surface area contributed by atoms with Gasteiger partial charge in [0.15, 0.2) is 0 Å². The van der Waals surface area contributed by atoms with Crippen molar-refractivity contribution < 1.29 is 14.7 Å². The number of rotatable bonds is 8. The number of nitrogens with one attached hydrogen (secondary N) is 2. The first kappa shape index (κ1) is 20.2. The Balaban J connectivity index is 2.79. The van der Waals surface area contributed by atoms with Gasteiger partial charge in [0.25, 0.3) is 5.91 Å². The van der Waals surface area contributed by atoms with Crippen LogP contribution in [0.2, 0.25) is 0 Å². The molecule has 0 fully saturated rings. The number of aliphatic hydroxyl groups excluding tert-OH is 1. The van der Waals surface area contributed by atoms with Crippen LogP contribution in [0, 0.1) is 18.8 Å². The third kappa shape index (κ3) is 6.32. The van der Waals surface area contributed by atoms with Crippen LogP contribution in [0.25, 0.3) is 0 Å². The third-order valence-electron chi connectivity index (χ3n) is 3.84. The minimum Gasteiger partial charge on any atom is -0.394 e. The molecule has 1 aromatic carbocycles. The molecule has 0 aliphatic rings. The molecular weight excluding hydrogens is 304 g/mol. The quantitative estimate of drug-likeness (QED) is 0.682. The van der Waals surface area contributed by atoms with E-state index in [1.165, 1.54) is 0 Å². The summed E-state index contributed by atoms with van der Waals surface area (Å²) in [5.41, 5.74) is 1.53. The number of carbonyl (C=O) groups excluding carboxylic acids is 2. The van der Waals surface area contributed by atoms with Gasteiger partial charge in [-0.2, -0.15) is 0 Å². The molecule has 134 valence electrons. The minimum absolute atomic E-state index is 0.0582. The summed E-state index contributed by atoms with van der Waals surface area (Å²) in [7, 11) is 0. The van der Waals surface area contributed by atoms with Gasteiger partial charge in [-0.3, -0.25) is 9.59 Å². The maximum absolute atomic E-state index is 12.5. The highest BCUT2D eigenvalue weighted by molar-refractivity contribution is 5.97. The number of benzene rings is 1. The van der Waals surface area contributed by atoms with E-state index in [9.17, 15) is 14.7 Å². The summed E-state index contributed by atoms with van der Waals surface area (Å²) >= 11 is 0. The Bertz CT molecular complexity index is 555. The lowest BCUT2D eigenvalue weighted by atomic mass is 10.00. The topological polar surface area (TPSA) is 78.4 Å². The van der Waals surface area contributed by atoms with E-state index in [0.29, 0.717) is 17.9 Å². The predicted octanol–water partition coefficient (Wildman–Crippen LogP) is 2.27. The number of aryl methyl sites for hydroxylation is 1. The summed E-state index contributed by atoms with van der Waals surface area (Å²) < 4.78 is 0. The molecule has 1 rings (SSSR count). The lowest BCUT2D eigenvalue weighted by Gasteiger charge is -2.25. The van der Waals surface area contributed by atoms with E-state index < -0.39 is 6.04 Å². The molecule has 1 aromatic rings. The van der Waals surface area contributed by atoms with Crippen LogP contribution < -0.4 is 10.6 Å². The summed E-state index contributed by atoms with van der Waals surface area (Å²) in [4.78, 5) is 24.9. The van der Waals surface area contributed by atoms with E-state index in [-0.39, 0.29) is 30.4 Å². The molecule has 0 spiro atoms. The monoisotopic (exact) mass is 334 g/mol. The second kappa shape index (κ2) is 9.42. The molecule has 0 saturated heterocycles. The van der Waals surface area contributed by atoms with Crippen LogP contribution in [0.15, 0.2) is 24.3 Å². The standard InChI is InChI=1S/C19H30N2O3/c1-12(2)9-16(11-22)20-19(24)17(13(3)4)21-18(23)15-8-6-7-14(5)10-15/h6-8,10,12-13,16-17,22H,9,11H2,1-5H3,(H,20,24)(H,21,23). The lowest BCUT2D eigenvalue weighted by molar-refractivity contribution is -0.125. The molecule has 3 N–H and O–H groups in total. The van der Waals surface area contributed by atoms with Crippen LogP contribution in [0.5, 0.6) is 0 Å². The predicted molar refractivity (Wildman–Crippen MR) is 95.7 cm³/mol. The molecular formula is C19H30N2O3. The molecule has 5 nitrogen and oxygen atoms in total. The van der Waals surface area contributed by atoms with Crippen LogP contribution in [-0.4, -0.2) is 35.6 Å². The van der Waals surface area contributed by atoms with Crippen LogP contribution in [-0.2, 0) is 4.79 Å². The molecule has 24 heavy (non-hydrogen) atoms. The van der Waals surface area contributed by atoms with Crippen molar-refractivity contribution in [2.45, 2.75) is 53.1 Å². The summed E-state index contributed by atoms with van der Waals surface area (Å²) in [6.45, 7) is 9.65. The number of carbonyl (C=O) groups is 2. The first-order chi connectivity index (χ1) is 11.2. The Hall–Kier alpha value is -1.88. The first-order valence-corrected chi connectivity index (χ1v) is 8.53. The lowest BCUT2D eigenvalue weighted by Crippen LogP contribution is -2.53. The van der Waals surface area contributed by atoms with Crippen molar-refractivity contribution in [2.75, 3.05) is 6.61 Å². The van der Waals surface area contributed by atoms with Crippen LogP contribution in [0.3, 0.4) is 0 Å². The van der Waals surface area contributed by atoms with Gasteiger partial charge in [-0.05, 0) is 37.3 Å². The zero-order valence-corrected chi connectivity index (χ0v) is 15.3. The van der Waals surface area contributed by atoms with Crippen LogP contribution in [0.4, 0.5) is 0 Å². The van der Waals surface area contributed by atoms with Crippen molar-refractivity contribution >= 4 is 11.8 Å². The van der Waals surface area contributed by atoms with Gasteiger partial charge < -0.3 is 15.7 Å². The molecule has 5 heteroatoms. The normalized spacial score (nSPS) is 13.7. The second-order valence-electron chi connectivity index (χ2n) is 7.08. The number of aliphatic hydroxyl groups is 1. The average Bonchev–Trinajstić information content (AvgIpc) is 2.50. The van der Waals surface area contributed by atoms with Crippen molar-refractivity contribution in [2.24, 2.45) is 11.8 Å². The Kier molecular flexibility index (Phi) is 7.92. The Labute approximate surface area is 144 Å². The van der Waals surface area contributed by atoms with E-state index in [1.54, 1.807) is 12.1 Å². The highest BCUT2D eigenvalue weighted by Gasteiger charge is 2.26. The molecule has 0 aliphatic heterocycles. The molecule has 0 heterocycles. The largest absolute Gasteiger partial charge is 0.394 e. The van der Waals surface area contributed by atoms with Gasteiger partial charge in [0.05, 0.1) is 12.6 Å². The fourth-order valence-corrected chi connectivity index (χ4v) is 2.58. The number of hydrogen-bond donors (Lipinski definition) is 3. The second-order valence-corrected chi connectivity index (χ2v) is 7.08. The van der Waals surface area contributed by atoms with E-state index in [1.807, 2.05) is 46.8 Å². The fourth-order valence-electron chi connectivity index (χ4n) is 2.58. The van der Waals surface area contributed by atoms with Crippen molar-refractivity contribution in [3.8, 4) is 0 Å². The number of hydrogen-bond acceptors (Lipinski definition) is 3. The Morgan fingerprint density at radius 2 is 1.79 bits per heavy atom. The zero-order valence-electron chi connectivity index (χ0n) is 15.3. The Morgan fingerprint density at radius 3 is 2.29 bits per heavy atom. The Morgan fingerprint density at radius 1 is 1.12 bits per heavy atom. The van der Waals surface area contributed by atoms with Gasteiger partial charge in [-0.25, -0.2) is 0 Å². The highest BCUT2D eigenvalue weighted by Crippen LogP contribution is 2.09.